The Morgan fingerprint density at radius 1 is 0.957 bits per heavy atom. The maximum atomic E-state index is 12.6. The van der Waals surface area contributed by atoms with Crippen LogP contribution < -0.4 is 10.2 Å². The molecule has 0 unspecified atom stereocenters. The summed E-state index contributed by atoms with van der Waals surface area (Å²) in [5, 5.41) is 0. The van der Waals surface area contributed by atoms with E-state index in [1.807, 2.05) is 42.5 Å². The molecule has 4 rings (SSSR count). The number of benzene rings is 2. The Hall–Kier alpha value is -2.81. The summed E-state index contributed by atoms with van der Waals surface area (Å²) < 4.78 is 11.5. The van der Waals surface area contributed by atoms with Gasteiger partial charge in [-0.15, -0.1) is 0 Å². The van der Waals surface area contributed by atoms with Gasteiger partial charge in [-0.1, -0.05) is 36.4 Å². The minimum absolute atomic E-state index is 0.0293. The van der Waals surface area contributed by atoms with Crippen LogP contribution in [0.4, 0.5) is 0 Å². The lowest BCUT2D eigenvalue weighted by Crippen LogP contribution is -2.15. The van der Waals surface area contributed by atoms with E-state index in [1.54, 1.807) is 13.2 Å². The van der Waals surface area contributed by atoms with Crippen LogP contribution in [0.3, 0.4) is 0 Å². The first-order chi connectivity index (χ1) is 11.3. The highest BCUT2D eigenvalue weighted by Crippen LogP contribution is 2.36. The molecule has 0 aliphatic heterocycles. The zero-order valence-corrected chi connectivity index (χ0v) is 12.8. The molecule has 1 aromatic heterocycles. The third kappa shape index (κ3) is 2.25. The normalized spacial score (nSPS) is 12.4. The molecule has 0 saturated heterocycles. The number of aryl methyl sites for hydroxylation is 1. The van der Waals surface area contributed by atoms with Gasteiger partial charge in [0.15, 0.2) is 5.43 Å². The molecule has 1 aliphatic carbocycles. The Morgan fingerprint density at radius 3 is 2.52 bits per heavy atom. The number of rotatable bonds is 2. The third-order valence-electron chi connectivity index (χ3n) is 4.32. The molecule has 3 aromatic rings. The van der Waals surface area contributed by atoms with Crippen molar-refractivity contribution in [3.63, 3.8) is 0 Å². The van der Waals surface area contributed by atoms with E-state index in [-0.39, 0.29) is 5.43 Å². The van der Waals surface area contributed by atoms with Gasteiger partial charge in [0, 0.05) is 17.2 Å². The molecule has 0 spiro atoms. The lowest BCUT2D eigenvalue weighted by Gasteiger charge is -2.19. The van der Waals surface area contributed by atoms with Crippen LogP contribution in [0, 0.1) is 0 Å². The molecule has 2 aromatic carbocycles. The Labute approximate surface area is 134 Å². The molecule has 0 amide bonds. The summed E-state index contributed by atoms with van der Waals surface area (Å²) in [7, 11) is 1.62. The summed E-state index contributed by atoms with van der Waals surface area (Å²) >= 11 is 0. The molecule has 0 fully saturated rings. The number of methoxy groups -OCH3 is 1. The van der Waals surface area contributed by atoms with Crippen LogP contribution in [0.15, 0.2) is 63.8 Å². The highest BCUT2D eigenvalue weighted by atomic mass is 16.5. The zero-order valence-electron chi connectivity index (χ0n) is 12.8. The highest BCUT2D eigenvalue weighted by molar-refractivity contribution is 5.72. The highest BCUT2D eigenvalue weighted by Gasteiger charge is 2.22. The maximum Gasteiger partial charge on any atom is 0.189 e. The summed E-state index contributed by atoms with van der Waals surface area (Å²) in [6.07, 6.45) is 1.60. The monoisotopic (exact) mass is 304 g/mol. The zero-order chi connectivity index (χ0) is 15.8. The lowest BCUT2D eigenvalue weighted by atomic mass is 9.89. The predicted octanol–water partition coefficient (Wildman–Crippen LogP) is 4.08. The van der Waals surface area contributed by atoms with E-state index in [0.717, 1.165) is 29.5 Å². The predicted molar refractivity (Wildman–Crippen MR) is 89.8 cm³/mol. The van der Waals surface area contributed by atoms with E-state index in [1.165, 1.54) is 5.56 Å². The molecular weight excluding hydrogens is 288 g/mol. The Bertz CT molecular complexity index is 938. The van der Waals surface area contributed by atoms with Gasteiger partial charge in [0.05, 0.1) is 12.7 Å². The van der Waals surface area contributed by atoms with E-state index in [9.17, 15) is 4.79 Å². The van der Waals surface area contributed by atoms with E-state index in [2.05, 4.69) is 6.07 Å². The largest absolute Gasteiger partial charge is 0.496 e. The van der Waals surface area contributed by atoms with E-state index in [4.69, 9.17) is 9.15 Å². The Morgan fingerprint density at radius 2 is 1.70 bits per heavy atom. The van der Waals surface area contributed by atoms with Gasteiger partial charge in [-0.2, -0.15) is 0 Å². The smallest absolute Gasteiger partial charge is 0.189 e. The maximum absolute atomic E-state index is 12.6. The average Bonchev–Trinajstić information content (AvgIpc) is 2.61. The van der Waals surface area contributed by atoms with Crippen molar-refractivity contribution in [3.05, 3.63) is 75.9 Å². The fourth-order valence-corrected chi connectivity index (χ4v) is 3.17. The Kier molecular flexibility index (Phi) is 3.27. The van der Waals surface area contributed by atoms with Crippen LogP contribution in [-0.4, -0.2) is 7.11 Å². The van der Waals surface area contributed by atoms with Crippen molar-refractivity contribution < 1.29 is 9.15 Å². The minimum atomic E-state index is 0.0293. The standard InChI is InChI=1S/C20H16O3/c1-22-18-9-5-4-8-16(18)19-12-17(21)15-11-10-13-6-2-3-7-14(13)20(15)23-19/h2-9,12H,10-11H2,1H3. The van der Waals surface area contributed by atoms with Crippen molar-refractivity contribution in [3.8, 4) is 28.4 Å². The first-order valence-electron chi connectivity index (χ1n) is 7.66. The second-order valence-corrected chi connectivity index (χ2v) is 5.64. The number of hydrogen-bond donors (Lipinski definition) is 0. The molecule has 3 nitrogen and oxygen atoms in total. The number of hydrogen-bond acceptors (Lipinski definition) is 3. The van der Waals surface area contributed by atoms with Crippen LogP contribution in [0.2, 0.25) is 0 Å². The molecule has 0 saturated carbocycles. The van der Waals surface area contributed by atoms with Crippen molar-refractivity contribution >= 4 is 0 Å². The van der Waals surface area contributed by atoms with Gasteiger partial charge in [-0.25, -0.2) is 0 Å². The lowest BCUT2D eigenvalue weighted by molar-refractivity contribution is 0.414. The van der Waals surface area contributed by atoms with Crippen molar-refractivity contribution in [1.82, 2.24) is 0 Å². The minimum Gasteiger partial charge on any atom is -0.496 e. The molecule has 0 radical (unpaired) electrons. The van der Waals surface area contributed by atoms with E-state index in [0.29, 0.717) is 17.3 Å². The van der Waals surface area contributed by atoms with Gasteiger partial charge in [0.2, 0.25) is 0 Å². The van der Waals surface area contributed by atoms with Crippen LogP contribution in [-0.2, 0) is 12.8 Å². The molecule has 1 heterocycles. The summed E-state index contributed by atoms with van der Waals surface area (Å²) in [6.45, 7) is 0. The van der Waals surface area contributed by atoms with E-state index < -0.39 is 0 Å². The quantitative estimate of drug-likeness (QED) is 0.716. The molecule has 0 N–H and O–H groups in total. The van der Waals surface area contributed by atoms with Gasteiger partial charge in [-0.3, -0.25) is 4.79 Å². The Balaban J connectivity index is 1.97. The summed E-state index contributed by atoms with van der Waals surface area (Å²) in [5.74, 6) is 1.93. The second kappa shape index (κ2) is 5.43. The summed E-state index contributed by atoms with van der Waals surface area (Å²) in [6, 6.07) is 17.2. The fourth-order valence-electron chi connectivity index (χ4n) is 3.17. The molecule has 1 aliphatic rings. The molecule has 0 atom stereocenters. The summed E-state index contributed by atoms with van der Waals surface area (Å²) in [4.78, 5) is 12.6. The topological polar surface area (TPSA) is 39.4 Å². The van der Waals surface area contributed by atoms with Gasteiger partial charge >= 0.3 is 0 Å². The fraction of sp³-hybridized carbons (Fsp3) is 0.150. The molecule has 3 heteroatoms. The second-order valence-electron chi connectivity index (χ2n) is 5.64. The van der Waals surface area contributed by atoms with Gasteiger partial charge in [0.25, 0.3) is 0 Å². The average molecular weight is 304 g/mol. The van der Waals surface area contributed by atoms with Crippen LogP contribution in [0.1, 0.15) is 11.1 Å². The SMILES string of the molecule is COc1ccccc1-c1cc(=O)c2c(o1)-c1ccccc1CC2. The third-order valence-corrected chi connectivity index (χ3v) is 4.32. The first kappa shape index (κ1) is 13.8. The van der Waals surface area contributed by atoms with Gasteiger partial charge in [0.1, 0.15) is 17.3 Å². The number of fused-ring (bicyclic) bond motifs is 3. The van der Waals surface area contributed by atoms with Gasteiger partial charge < -0.3 is 9.15 Å². The van der Waals surface area contributed by atoms with Crippen molar-refractivity contribution in [2.24, 2.45) is 0 Å². The first-order valence-corrected chi connectivity index (χ1v) is 7.66. The van der Waals surface area contributed by atoms with Crippen LogP contribution >= 0.6 is 0 Å². The number of ether oxygens (including phenoxy) is 1. The van der Waals surface area contributed by atoms with Crippen LogP contribution in [0.5, 0.6) is 5.75 Å². The molecule has 23 heavy (non-hydrogen) atoms. The summed E-state index contributed by atoms with van der Waals surface area (Å²) in [5.41, 5.74) is 3.82. The van der Waals surface area contributed by atoms with Crippen molar-refractivity contribution in [2.75, 3.05) is 7.11 Å². The van der Waals surface area contributed by atoms with E-state index >= 15 is 0 Å². The molecular formula is C20H16O3. The molecule has 0 bridgehead atoms. The van der Waals surface area contributed by atoms with Gasteiger partial charge in [-0.05, 0) is 30.5 Å². The van der Waals surface area contributed by atoms with Crippen LogP contribution in [0.25, 0.3) is 22.6 Å². The van der Waals surface area contributed by atoms with Crippen molar-refractivity contribution in [1.29, 1.82) is 0 Å². The van der Waals surface area contributed by atoms with Crippen molar-refractivity contribution in [2.45, 2.75) is 12.8 Å². The number of para-hydroxylation sites is 1. The molecule has 114 valence electrons.